The lowest BCUT2D eigenvalue weighted by molar-refractivity contribution is 0.460. The molecule has 0 bridgehead atoms. The molecule has 0 N–H and O–H groups in total. The van der Waals surface area contributed by atoms with Gasteiger partial charge >= 0.3 is 0 Å². The van der Waals surface area contributed by atoms with E-state index < -0.39 is 0 Å². The summed E-state index contributed by atoms with van der Waals surface area (Å²) in [5.41, 5.74) is 3.30. The van der Waals surface area contributed by atoms with Crippen LogP contribution in [0.3, 0.4) is 0 Å². The first-order valence-electron chi connectivity index (χ1n) is 5.44. The number of aromatic nitrogens is 1. The number of benzene rings is 1. The summed E-state index contributed by atoms with van der Waals surface area (Å²) >= 11 is 3.42. The fraction of sp³-hybridized carbons (Fsp3) is 0.214. The highest BCUT2D eigenvalue weighted by molar-refractivity contribution is 9.10. The molecule has 2 nitrogen and oxygen atoms in total. The number of aryl methyl sites for hydroxylation is 3. The SMILES string of the molecule is Cc1cc(C)cc(Oc2ccc(Br)c(C)n2)c1. The molecule has 1 heterocycles. The van der Waals surface area contributed by atoms with Gasteiger partial charge in [0.25, 0.3) is 0 Å². The van der Waals surface area contributed by atoms with E-state index in [1.54, 1.807) is 0 Å². The van der Waals surface area contributed by atoms with Gasteiger partial charge in [-0.25, -0.2) is 4.98 Å². The normalized spacial score (nSPS) is 10.4. The van der Waals surface area contributed by atoms with Crippen LogP contribution in [0.15, 0.2) is 34.8 Å². The Labute approximate surface area is 110 Å². The van der Waals surface area contributed by atoms with Crippen molar-refractivity contribution in [3.05, 3.63) is 51.6 Å². The molecular weight excluding hydrogens is 278 g/mol. The van der Waals surface area contributed by atoms with Crippen LogP contribution in [0.1, 0.15) is 16.8 Å². The van der Waals surface area contributed by atoms with Crippen molar-refractivity contribution in [2.75, 3.05) is 0 Å². The predicted molar refractivity (Wildman–Crippen MR) is 72.7 cm³/mol. The molecule has 0 spiro atoms. The summed E-state index contributed by atoms with van der Waals surface area (Å²) in [5, 5.41) is 0. The van der Waals surface area contributed by atoms with Crippen LogP contribution in [-0.4, -0.2) is 4.98 Å². The molecule has 0 amide bonds. The maximum atomic E-state index is 5.74. The number of hydrogen-bond acceptors (Lipinski definition) is 2. The fourth-order valence-corrected chi connectivity index (χ4v) is 1.91. The first kappa shape index (κ1) is 12.1. The predicted octanol–water partition coefficient (Wildman–Crippen LogP) is 4.56. The standard InChI is InChI=1S/C14H14BrNO/c1-9-6-10(2)8-12(7-9)17-14-5-4-13(15)11(3)16-14/h4-8H,1-3H3. The number of rotatable bonds is 2. The minimum absolute atomic E-state index is 0.621. The van der Waals surface area contributed by atoms with Crippen molar-refractivity contribution in [2.45, 2.75) is 20.8 Å². The molecule has 0 saturated heterocycles. The molecule has 88 valence electrons. The molecule has 0 fully saturated rings. The molecule has 0 aliphatic rings. The first-order chi connectivity index (χ1) is 8.04. The van der Waals surface area contributed by atoms with Crippen LogP contribution in [0.5, 0.6) is 11.6 Å². The summed E-state index contributed by atoms with van der Waals surface area (Å²) in [6, 6.07) is 9.93. The molecule has 0 aliphatic carbocycles. The van der Waals surface area contributed by atoms with E-state index in [1.807, 2.05) is 31.2 Å². The van der Waals surface area contributed by atoms with Crippen molar-refractivity contribution < 1.29 is 4.74 Å². The van der Waals surface area contributed by atoms with E-state index >= 15 is 0 Å². The van der Waals surface area contributed by atoms with E-state index in [0.29, 0.717) is 5.88 Å². The zero-order valence-corrected chi connectivity index (χ0v) is 11.7. The largest absolute Gasteiger partial charge is 0.439 e. The lowest BCUT2D eigenvalue weighted by Gasteiger charge is -2.08. The monoisotopic (exact) mass is 291 g/mol. The van der Waals surface area contributed by atoms with Gasteiger partial charge < -0.3 is 4.74 Å². The highest BCUT2D eigenvalue weighted by atomic mass is 79.9. The Morgan fingerprint density at radius 3 is 2.24 bits per heavy atom. The Kier molecular flexibility index (Phi) is 3.48. The molecule has 2 rings (SSSR count). The number of nitrogens with zero attached hydrogens (tertiary/aromatic N) is 1. The Morgan fingerprint density at radius 1 is 1.00 bits per heavy atom. The smallest absolute Gasteiger partial charge is 0.219 e. The summed E-state index contributed by atoms with van der Waals surface area (Å²) in [5.74, 6) is 1.45. The molecule has 1 aromatic heterocycles. The summed E-state index contributed by atoms with van der Waals surface area (Å²) in [6.07, 6.45) is 0. The highest BCUT2D eigenvalue weighted by Gasteiger charge is 2.02. The molecule has 0 atom stereocenters. The lowest BCUT2D eigenvalue weighted by Crippen LogP contribution is -1.91. The van der Waals surface area contributed by atoms with E-state index in [4.69, 9.17) is 4.74 Å². The third-order valence-electron chi connectivity index (χ3n) is 2.41. The zero-order valence-electron chi connectivity index (χ0n) is 10.1. The van der Waals surface area contributed by atoms with Gasteiger partial charge in [-0.2, -0.15) is 0 Å². The van der Waals surface area contributed by atoms with Crippen molar-refractivity contribution in [2.24, 2.45) is 0 Å². The van der Waals surface area contributed by atoms with Crippen molar-refractivity contribution in [1.82, 2.24) is 4.98 Å². The Balaban J connectivity index is 2.28. The first-order valence-corrected chi connectivity index (χ1v) is 6.23. The van der Waals surface area contributed by atoms with Gasteiger partial charge in [-0.3, -0.25) is 0 Å². The van der Waals surface area contributed by atoms with E-state index in [0.717, 1.165) is 15.9 Å². The maximum absolute atomic E-state index is 5.74. The van der Waals surface area contributed by atoms with Crippen LogP contribution >= 0.6 is 15.9 Å². The number of halogens is 1. The van der Waals surface area contributed by atoms with Crippen LogP contribution in [0.2, 0.25) is 0 Å². The van der Waals surface area contributed by atoms with Crippen molar-refractivity contribution in [3.63, 3.8) is 0 Å². The van der Waals surface area contributed by atoms with Gasteiger partial charge in [0.2, 0.25) is 5.88 Å². The molecule has 3 heteroatoms. The van der Waals surface area contributed by atoms with Gasteiger partial charge in [0.1, 0.15) is 5.75 Å². The Hall–Kier alpha value is -1.35. The summed E-state index contributed by atoms with van der Waals surface area (Å²) in [6.45, 7) is 6.05. The third kappa shape index (κ3) is 3.07. The van der Waals surface area contributed by atoms with E-state index in [-0.39, 0.29) is 0 Å². The van der Waals surface area contributed by atoms with Crippen molar-refractivity contribution >= 4 is 15.9 Å². The maximum Gasteiger partial charge on any atom is 0.219 e. The third-order valence-corrected chi connectivity index (χ3v) is 3.25. The van der Waals surface area contributed by atoms with E-state index in [2.05, 4.69) is 40.8 Å². The van der Waals surface area contributed by atoms with Crippen LogP contribution in [0, 0.1) is 20.8 Å². The summed E-state index contributed by atoms with van der Waals surface area (Å²) in [4.78, 5) is 4.36. The van der Waals surface area contributed by atoms with Gasteiger partial charge in [-0.15, -0.1) is 0 Å². The van der Waals surface area contributed by atoms with Crippen LogP contribution < -0.4 is 4.74 Å². The second-order valence-corrected chi connectivity index (χ2v) is 5.00. The Bertz CT molecular complexity index is 532. The van der Waals surface area contributed by atoms with Crippen LogP contribution in [0.25, 0.3) is 0 Å². The van der Waals surface area contributed by atoms with Crippen molar-refractivity contribution in [3.8, 4) is 11.6 Å². The summed E-state index contributed by atoms with van der Waals surface area (Å²) in [7, 11) is 0. The van der Waals surface area contributed by atoms with Gasteiger partial charge in [0.05, 0.1) is 5.69 Å². The van der Waals surface area contributed by atoms with Gasteiger partial charge in [-0.05, 0) is 66.0 Å². The molecule has 0 radical (unpaired) electrons. The number of hydrogen-bond donors (Lipinski definition) is 0. The average Bonchev–Trinajstić information content (AvgIpc) is 2.22. The van der Waals surface area contributed by atoms with Gasteiger partial charge in [0.15, 0.2) is 0 Å². The molecular formula is C14H14BrNO. The van der Waals surface area contributed by atoms with E-state index in [9.17, 15) is 0 Å². The van der Waals surface area contributed by atoms with Crippen molar-refractivity contribution in [1.29, 1.82) is 0 Å². The average molecular weight is 292 g/mol. The molecule has 2 aromatic rings. The van der Waals surface area contributed by atoms with E-state index in [1.165, 1.54) is 11.1 Å². The van der Waals surface area contributed by atoms with Gasteiger partial charge in [-0.1, -0.05) is 6.07 Å². The number of pyridine rings is 1. The quantitative estimate of drug-likeness (QED) is 0.809. The lowest BCUT2D eigenvalue weighted by atomic mass is 10.1. The molecule has 0 saturated carbocycles. The molecule has 17 heavy (non-hydrogen) atoms. The molecule has 0 aliphatic heterocycles. The summed E-state index contributed by atoms with van der Waals surface area (Å²) < 4.78 is 6.73. The second kappa shape index (κ2) is 4.88. The topological polar surface area (TPSA) is 22.1 Å². The Morgan fingerprint density at radius 2 is 1.65 bits per heavy atom. The van der Waals surface area contributed by atoms with Gasteiger partial charge in [0, 0.05) is 10.5 Å². The molecule has 1 aromatic carbocycles. The molecule has 0 unspecified atom stereocenters. The number of ether oxygens (including phenoxy) is 1. The fourth-order valence-electron chi connectivity index (χ4n) is 1.69. The zero-order chi connectivity index (χ0) is 12.4. The minimum atomic E-state index is 0.621. The van der Waals surface area contributed by atoms with Crippen LogP contribution in [0.4, 0.5) is 0 Å². The van der Waals surface area contributed by atoms with Crippen LogP contribution in [-0.2, 0) is 0 Å². The highest BCUT2D eigenvalue weighted by Crippen LogP contribution is 2.24. The minimum Gasteiger partial charge on any atom is -0.439 e. The second-order valence-electron chi connectivity index (χ2n) is 4.14.